The molecular weight excluding hydrogens is 264 g/mol. The highest BCUT2D eigenvalue weighted by Crippen LogP contribution is 2.36. The minimum absolute atomic E-state index is 0.582. The summed E-state index contributed by atoms with van der Waals surface area (Å²) in [5.74, 6) is 0.935. The monoisotopic (exact) mass is 274 g/mol. The van der Waals surface area contributed by atoms with Crippen molar-refractivity contribution in [3.8, 4) is 5.75 Å². The second-order valence-corrected chi connectivity index (χ2v) is 5.33. The molecule has 2 rings (SSSR count). The lowest BCUT2D eigenvalue weighted by Gasteiger charge is -2.25. The fourth-order valence-electron chi connectivity index (χ4n) is 1.20. The first-order valence-corrected chi connectivity index (χ1v) is 6.05. The third kappa shape index (κ3) is 2.24. The van der Waals surface area contributed by atoms with Crippen molar-refractivity contribution in [1.29, 1.82) is 0 Å². The van der Waals surface area contributed by atoms with Crippen molar-refractivity contribution in [2.45, 2.75) is 10.1 Å². The third-order valence-electron chi connectivity index (χ3n) is 2.03. The fourth-order valence-corrected chi connectivity index (χ4v) is 2.87. The highest BCUT2D eigenvalue weighted by Gasteiger charge is 2.21. The highest BCUT2D eigenvalue weighted by molar-refractivity contribution is 9.10. The summed E-state index contributed by atoms with van der Waals surface area (Å²) in [7, 11) is 1.70. The Kier molecular flexibility index (Phi) is 3.36. The molecule has 0 N–H and O–H groups in total. The van der Waals surface area contributed by atoms with Gasteiger partial charge in [-0.15, -0.1) is 11.8 Å². The van der Waals surface area contributed by atoms with E-state index in [1.165, 1.54) is 4.90 Å². The molecule has 1 heterocycles. The number of benzene rings is 1. The topological polar surface area (TPSA) is 18.5 Å². The van der Waals surface area contributed by atoms with E-state index in [4.69, 9.17) is 9.47 Å². The van der Waals surface area contributed by atoms with Gasteiger partial charge in [-0.1, -0.05) is 15.9 Å². The lowest BCUT2D eigenvalue weighted by molar-refractivity contribution is 0.0455. The number of methoxy groups -OCH3 is 1. The van der Waals surface area contributed by atoms with Crippen LogP contribution in [0.1, 0.15) is 0 Å². The average molecular weight is 275 g/mol. The Balaban J connectivity index is 2.15. The predicted molar refractivity (Wildman–Crippen MR) is 61.2 cm³/mol. The van der Waals surface area contributed by atoms with E-state index in [-0.39, 0.29) is 0 Å². The summed E-state index contributed by atoms with van der Waals surface area (Å²) >= 11 is 5.27. The largest absolute Gasteiger partial charge is 0.496 e. The molecule has 0 bridgehead atoms. The zero-order valence-electron chi connectivity index (χ0n) is 7.83. The Morgan fingerprint density at radius 3 is 2.86 bits per heavy atom. The van der Waals surface area contributed by atoms with Gasteiger partial charge < -0.3 is 9.47 Å². The fraction of sp³-hybridized carbons (Fsp3) is 0.400. The van der Waals surface area contributed by atoms with Crippen LogP contribution in [0, 0.1) is 0 Å². The molecule has 76 valence electrons. The number of thioether (sulfide) groups is 1. The second kappa shape index (κ2) is 4.55. The summed E-state index contributed by atoms with van der Waals surface area (Å²) in [5, 5.41) is 0.582. The SMILES string of the molecule is COc1ccc(Br)cc1SC1COC1. The molecule has 1 fully saturated rings. The summed E-state index contributed by atoms with van der Waals surface area (Å²) in [6, 6.07) is 6.05. The lowest BCUT2D eigenvalue weighted by atomic mass is 10.3. The van der Waals surface area contributed by atoms with Crippen LogP contribution in [0.15, 0.2) is 27.6 Å². The normalized spacial score (nSPS) is 16.4. The first-order valence-electron chi connectivity index (χ1n) is 4.37. The Hall–Kier alpha value is -0.190. The summed E-state index contributed by atoms with van der Waals surface area (Å²) in [6.07, 6.45) is 0. The summed E-state index contributed by atoms with van der Waals surface area (Å²) in [5.41, 5.74) is 0. The number of hydrogen-bond donors (Lipinski definition) is 0. The van der Waals surface area contributed by atoms with Crippen LogP contribution in [0.2, 0.25) is 0 Å². The first kappa shape index (κ1) is 10.3. The third-order valence-corrected chi connectivity index (χ3v) is 3.70. The highest BCUT2D eigenvalue weighted by atomic mass is 79.9. The van der Waals surface area contributed by atoms with Gasteiger partial charge in [0, 0.05) is 4.47 Å². The van der Waals surface area contributed by atoms with Crippen LogP contribution in [-0.4, -0.2) is 25.6 Å². The smallest absolute Gasteiger partial charge is 0.132 e. The van der Waals surface area contributed by atoms with E-state index < -0.39 is 0 Å². The maximum atomic E-state index is 5.29. The van der Waals surface area contributed by atoms with E-state index in [9.17, 15) is 0 Å². The minimum atomic E-state index is 0.582. The summed E-state index contributed by atoms with van der Waals surface area (Å²) in [4.78, 5) is 1.18. The molecule has 0 atom stereocenters. The second-order valence-electron chi connectivity index (χ2n) is 3.07. The molecule has 4 heteroatoms. The summed E-state index contributed by atoms with van der Waals surface area (Å²) < 4.78 is 11.5. The van der Waals surface area contributed by atoms with Gasteiger partial charge in [0.2, 0.25) is 0 Å². The molecule has 1 aliphatic rings. The predicted octanol–water partition coefficient (Wildman–Crippen LogP) is 2.95. The Labute approximate surface area is 96.1 Å². The van der Waals surface area contributed by atoms with Gasteiger partial charge in [-0.25, -0.2) is 0 Å². The Morgan fingerprint density at radius 1 is 1.50 bits per heavy atom. The lowest BCUT2D eigenvalue weighted by Crippen LogP contribution is -2.30. The maximum absolute atomic E-state index is 5.29. The van der Waals surface area contributed by atoms with E-state index in [1.54, 1.807) is 7.11 Å². The van der Waals surface area contributed by atoms with Crippen molar-refractivity contribution in [3.63, 3.8) is 0 Å². The average Bonchev–Trinajstić information content (AvgIpc) is 2.12. The van der Waals surface area contributed by atoms with Crippen LogP contribution in [-0.2, 0) is 4.74 Å². The molecule has 0 aromatic heterocycles. The zero-order chi connectivity index (χ0) is 9.97. The van der Waals surface area contributed by atoms with Crippen molar-refractivity contribution in [2.24, 2.45) is 0 Å². The molecule has 0 unspecified atom stereocenters. The van der Waals surface area contributed by atoms with Crippen molar-refractivity contribution in [1.82, 2.24) is 0 Å². The molecule has 0 radical (unpaired) electrons. The van der Waals surface area contributed by atoms with Gasteiger partial charge in [-0.3, -0.25) is 0 Å². The van der Waals surface area contributed by atoms with E-state index >= 15 is 0 Å². The zero-order valence-corrected chi connectivity index (χ0v) is 10.2. The number of hydrogen-bond acceptors (Lipinski definition) is 3. The number of rotatable bonds is 3. The van der Waals surface area contributed by atoms with Crippen molar-refractivity contribution in [3.05, 3.63) is 22.7 Å². The van der Waals surface area contributed by atoms with Crippen molar-refractivity contribution >= 4 is 27.7 Å². The molecule has 1 aromatic carbocycles. The van der Waals surface area contributed by atoms with Gasteiger partial charge in [-0.2, -0.15) is 0 Å². The van der Waals surface area contributed by atoms with Crippen LogP contribution in [0.4, 0.5) is 0 Å². The van der Waals surface area contributed by atoms with Crippen LogP contribution >= 0.6 is 27.7 Å². The number of ether oxygens (including phenoxy) is 2. The molecule has 1 saturated heterocycles. The van der Waals surface area contributed by atoms with Crippen LogP contribution in [0.3, 0.4) is 0 Å². The summed E-state index contributed by atoms with van der Waals surface area (Å²) in [6.45, 7) is 1.70. The van der Waals surface area contributed by atoms with Crippen LogP contribution < -0.4 is 4.74 Å². The standard InChI is InChI=1S/C10H11BrO2S/c1-12-9-3-2-7(11)4-10(9)14-8-5-13-6-8/h2-4,8H,5-6H2,1H3. The quantitative estimate of drug-likeness (QED) is 0.845. The molecule has 0 saturated carbocycles. The van der Waals surface area contributed by atoms with Crippen LogP contribution in [0.25, 0.3) is 0 Å². The number of halogens is 1. The van der Waals surface area contributed by atoms with E-state index in [1.807, 2.05) is 23.9 Å². The van der Waals surface area contributed by atoms with Gasteiger partial charge >= 0.3 is 0 Å². The molecule has 2 nitrogen and oxygen atoms in total. The van der Waals surface area contributed by atoms with Crippen molar-refractivity contribution in [2.75, 3.05) is 20.3 Å². The molecule has 0 aliphatic carbocycles. The first-order chi connectivity index (χ1) is 6.79. The van der Waals surface area contributed by atoms with Crippen LogP contribution in [0.5, 0.6) is 5.75 Å². The van der Waals surface area contributed by atoms with Gasteiger partial charge in [0.25, 0.3) is 0 Å². The van der Waals surface area contributed by atoms with Gasteiger partial charge in [0.1, 0.15) is 5.75 Å². The Morgan fingerprint density at radius 2 is 2.29 bits per heavy atom. The van der Waals surface area contributed by atoms with E-state index in [0.29, 0.717) is 5.25 Å². The van der Waals surface area contributed by atoms with Gasteiger partial charge in [0.15, 0.2) is 0 Å². The van der Waals surface area contributed by atoms with E-state index in [0.717, 1.165) is 23.4 Å². The molecular formula is C10H11BrO2S. The Bertz CT molecular complexity index is 326. The minimum Gasteiger partial charge on any atom is -0.496 e. The molecule has 14 heavy (non-hydrogen) atoms. The molecule has 1 aliphatic heterocycles. The maximum Gasteiger partial charge on any atom is 0.132 e. The van der Waals surface area contributed by atoms with E-state index in [2.05, 4.69) is 22.0 Å². The van der Waals surface area contributed by atoms with Gasteiger partial charge in [-0.05, 0) is 18.2 Å². The molecule has 1 aromatic rings. The van der Waals surface area contributed by atoms with Gasteiger partial charge in [0.05, 0.1) is 30.5 Å². The molecule has 0 spiro atoms. The van der Waals surface area contributed by atoms with Crippen molar-refractivity contribution < 1.29 is 9.47 Å². The molecule has 0 amide bonds.